The summed E-state index contributed by atoms with van der Waals surface area (Å²) in [4.78, 5) is 11.4. The smallest absolute Gasteiger partial charge is 0.416 e. The maximum absolute atomic E-state index is 12.7. The zero-order valence-electron chi connectivity index (χ0n) is 14.5. The van der Waals surface area contributed by atoms with Crippen LogP contribution in [0.3, 0.4) is 0 Å². The third kappa shape index (κ3) is 7.68. The van der Waals surface area contributed by atoms with Crippen LogP contribution >= 0.6 is 0 Å². The van der Waals surface area contributed by atoms with Crippen LogP contribution in [-0.4, -0.2) is 24.8 Å². The summed E-state index contributed by atoms with van der Waals surface area (Å²) < 4.78 is 43.2. The first kappa shape index (κ1) is 20.3. The standard InChI is InChI=1S/C17H25F3N2O2/c1-12(13-7-5-8-14(11-13)17(18,19)20)21-9-6-10-22-15(23)24-16(2,3)4/h5,7-8,11-12,21H,6,9-10H2,1-4H3,(H,22,23). The van der Waals surface area contributed by atoms with Gasteiger partial charge in [0.15, 0.2) is 0 Å². The highest BCUT2D eigenvalue weighted by atomic mass is 19.4. The Bertz CT molecular complexity index is 539. The van der Waals surface area contributed by atoms with Gasteiger partial charge in [0, 0.05) is 12.6 Å². The van der Waals surface area contributed by atoms with Crippen LogP contribution < -0.4 is 10.6 Å². The number of ether oxygens (including phenoxy) is 1. The minimum atomic E-state index is -4.34. The second kappa shape index (κ2) is 8.37. The SMILES string of the molecule is CC(NCCCNC(=O)OC(C)(C)C)c1cccc(C(F)(F)F)c1. The Labute approximate surface area is 140 Å². The van der Waals surface area contributed by atoms with E-state index >= 15 is 0 Å². The Hall–Kier alpha value is -1.76. The number of amides is 1. The summed E-state index contributed by atoms with van der Waals surface area (Å²) >= 11 is 0. The molecule has 1 aromatic rings. The molecule has 1 amide bonds. The Balaban J connectivity index is 2.35. The zero-order chi connectivity index (χ0) is 18.4. The molecule has 4 nitrogen and oxygen atoms in total. The van der Waals surface area contributed by atoms with Crippen molar-refractivity contribution in [1.29, 1.82) is 0 Å². The van der Waals surface area contributed by atoms with Gasteiger partial charge in [0.25, 0.3) is 0 Å². The van der Waals surface area contributed by atoms with E-state index in [1.807, 2.05) is 0 Å². The van der Waals surface area contributed by atoms with Gasteiger partial charge in [0.1, 0.15) is 5.60 Å². The molecule has 2 N–H and O–H groups in total. The second-order valence-electron chi connectivity index (χ2n) is 6.58. The van der Waals surface area contributed by atoms with E-state index < -0.39 is 23.4 Å². The zero-order valence-corrected chi connectivity index (χ0v) is 14.5. The highest BCUT2D eigenvalue weighted by Gasteiger charge is 2.30. The first-order valence-corrected chi connectivity index (χ1v) is 7.86. The van der Waals surface area contributed by atoms with Gasteiger partial charge < -0.3 is 15.4 Å². The van der Waals surface area contributed by atoms with Crippen molar-refractivity contribution in [3.8, 4) is 0 Å². The lowest BCUT2D eigenvalue weighted by Crippen LogP contribution is -2.34. The van der Waals surface area contributed by atoms with Crippen LogP contribution in [0, 0.1) is 0 Å². The first-order valence-electron chi connectivity index (χ1n) is 7.86. The van der Waals surface area contributed by atoms with Gasteiger partial charge in [-0.15, -0.1) is 0 Å². The minimum Gasteiger partial charge on any atom is -0.444 e. The molecule has 0 saturated carbocycles. The van der Waals surface area contributed by atoms with E-state index in [-0.39, 0.29) is 6.04 Å². The van der Waals surface area contributed by atoms with E-state index in [0.29, 0.717) is 25.1 Å². The van der Waals surface area contributed by atoms with Crippen molar-refractivity contribution in [2.24, 2.45) is 0 Å². The van der Waals surface area contributed by atoms with Crippen molar-refractivity contribution in [3.05, 3.63) is 35.4 Å². The molecular formula is C17H25F3N2O2. The number of hydrogen-bond donors (Lipinski definition) is 2. The number of halogens is 3. The molecule has 0 aliphatic heterocycles. The molecular weight excluding hydrogens is 321 g/mol. The van der Waals surface area contributed by atoms with Crippen molar-refractivity contribution in [2.75, 3.05) is 13.1 Å². The van der Waals surface area contributed by atoms with Crippen LogP contribution in [0.1, 0.15) is 51.3 Å². The second-order valence-corrected chi connectivity index (χ2v) is 6.58. The van der Waals surface area contributed by atoms with Crippen LogP contribution in [0.2, 0.25) is 0 Å². The lowest BCUT2D eigenvalue weighted by Gasteiger charge is -2.20. The molecule has 0 radical (unpaired) electrons. The van der Waals surface area contributed by atoms with Crippen LogP contribution in [0.4, 0.5) is 18.0 Å². The number of nitrogens with one attached hydrogen (secondary N) is 2. The van der Waals surface area contributed by atoms with Crippen LogP contribution in [0.5, 0.6) is 0 Å². The summed E-state index contributed by atoms with van der Waals surface area (Å²) in [7, 11) is 0. The van der Waals surface area contributed by atoms with E-state index in [1.165, 1.54) is 6.07 Å². The number of alkyl carbamates (subject to hydrolysis) is 1. The van der Waals surface area contributed by atoms with Crippen molar-refractivity contribution in [2.45, 2.75) is 51.9 Å². The molecule has 1 unspecified atom stereocenters. The van der Waals surface area contributed by atoms with Gasteiger partial charge in [-0.3, -0.25) is 0 Å². The summed E-state index contributed by atoms with van der Waals surface area (Å²) in [6.07, 6.45) is -4.18. The van der Waals surface area contributed by atoms with E-state index in [0.717, 1.165) is 12.1 Å². The summed E-state index contributed by atoms with van der Waals surface area (Å²) in [5.41, 5.74) is -0.620. The number of carbonyl (C=O) groups is 1. The highest BCUT2D eigenvalue weighted by Crippen LogP contribution is 2.30. The van der Waals surface area contributed by atoms with E-state index in [4.69, 9.17) is 4.74 Å². The summed E-state index contributed by atoms with van der Waals surface area (Å²) in [6, 6.07) is 5.05. The Morgan fingerprint density at radius 3 is 2.46 bits per heavy atom. The predicted octanol–water partition coefficient (Wildman–Crippen LogP) is 4.27. The Morgan fingerprint density at radius 1 is 1.21 bits per heavy atom. The lowest BCUT2D eigenvalue weighted by molar-refractivity contribution is -0.137. The number of hydrogen-bond acceptors (Lipinski definition) is 3. The van der Waals surface area contributed by atoms with Crippen molar-refractivity contribution < 1.29 is 22.7 Å². The van der Waals surface area contributed by atoms with Crippen molar-refractivity contribution in [3.63, 3.8) is 0 Å². The third-order valence-electron chi connectivity index (χ3n) is 3.19. The van der Waals surface area contributed by atoms with E-state index in [1.54, 1.807) is 33.8 Å². The number of alkyl halides is 3. The molecule has 0 aromatic heterocycles. The van der Waals surface area contributed by atoms with E-state index in [9.17, 15) is 18.0 Å². The fourth-order valence-electron chi connectivity index (χ4n) is 2.01. The van der Waals surface area contributed by atoms with Gasteiger partial charge in [-0.1, -0.05) is 12.1 Å². The third-order valence-corrected chi connectivity index (χ3v) is 3.19. The molecule has 7 heteroatoms. The number of carbonyl (C=O) groups excluding carboxylic acids is 1. The Morgan fingerprint density at radius 2 is 1.88 bits per heavy atom. The quantitative estimate of drug-likeness (QED) is 0.756. The molecule has 1 rings (SSSR count). The molecule has 0 aliphatic carbocycles. The molecule has 0 fully saturated rings. The normalized spacial score (nSPS) is 13.5. The van der Waals surface area contributed by atoms with Crippen molar-refractivity contribution in [1.82, 2.24) is 10.6 Å². The summed E-state index contributed by atoms with van der Waals surface area (Å²) in [5, 5.41) is 5.77. The predicted molar refractivity (Wildman–Crippen MR) is 86.7 cm³/mol. The molecule has 0 spiro atoms. The maximum Gasteiger partial charge on any atom is 0.416 e. The maximum atomic E-state index is 12.7. The van der Waals surface area contributed by atoms with Crippen LogP contribution in [0.25, 0.3) is 0 Å². The van der Waals surface area contributed by atoms with Gasteiger partial charge in [0.05, 0.1) is 5.56 Å². The molecule has 0 heterocycles. The molecule has 136 valence electrons. The molecule has 1 atom stereocenters. The first-order chi connectivity index (χ1) is 11.0. The fraction of sp³-hybridized carbons (Fsp3) is 0.588. The summed E-state index contributed by atoms with van der Waals surface area (Å²) in [6.45, 7) is 8.14. The minimum absolute atomic E-state index is 0.214. The summed E-state index contributed by atoms with van der Waals surface area (Å²) in [5.74, 6) is 0. The number of benzene rings is 1. The monoisotopic (exact) mass is 346 g/mol. The largest absolute Gasteiger partial charge is 0.444 e. The van der Waals surface area contributed by atoms with Gasteiger partial charge >= 0.3 is 12.3 Å². The molecule has 24 heavy (non-hydrogen) atoms. The molecule has 0 bridgehead atoms. The van der Waals surface area contributed by atoms with E-state index in [2.05, 4.69) is 10.6 Å². The van der Waals surface area contributed by atoms with Gasteiger partial charge in [0.2, 0.25) is 0 Å². The van der Waals surface area contributed by atoms with Gasteiger partial charge in [-0.25, -0.2) is 4.79 Å². The topological polar surface area (TPSA) is 50.4 Å². The average Bonchev–Trinajstić information content (AvgIpc) is 2.44. The van der Waals surface area contributed by atoms with Gasteiger partial charge in [-0.2, -0.15) is 13.2 Å². The van der Waals surface area contributed by atoms with Crippen LogP contribution in [0.15, 0.2) is 24.3 Å². The lowest BCUT2D eigenvalue weighted by atomic mass is 10.0. The average molecular weight is 346 g/mol. The van der Waals surface area contributed by atoms with Crippen molar-refractivity contribution >= 4 is 6.09 Å². The van der Waals surface area contributed by atoms with Gasteiger partial charge in [-0.05, 0) is 58.4 Å². The van der Waals surface area contributed by atoms with Crippen LogP contribution in [-0.2, 0) is 10.9 Å². The highest BCUT2D eigenvalue weighted by molar-refractivity contribution is 5.67. The number of rotatable bonds is 6. The molecule has 0 saturated heterocycles. The Kier molecular flexibility index (Phi) is 7.08. The molecule has 1 aromatic carbocycles. The fourth-order valence-corrected chi connectivity index (χ4v) is 2.01. The molecule has 0 aliphatic rings.